The highest BCUT2D eigenvalue weighted by Gasteiger charge is 2.17. The van der Waals surface area contributed by atoms with E-state index in [9.17, 15) is 9.18 Å². The van der Waals surface area contributed by atoms with Crippen LogP contribution in [0.5, 0.6) is 0 Å². The van der Waals surface area contributed by atoms with Crippen molar-refractivity contribution < 1.29 is 9.18 Å². The molecule has 0 saturated heterocycles. The average molecular weight is 356 g/mol. The molecular weight excluding hydrogens is 337 g/mol. The van der Waals surface area contributed by atoms with Gasteiger partial charge in [0.15, 0.2) is 5.78 Å². The van der Waals surface area contributed by atoms with Gasteiger partial charge in [-0.15, -0.1) is 0 Å². The molecular formula is C21H19ClFNO. The van der Waals surface area contributed by atoms with Gasteiger partial charge in [0.1, 0.15) is 5.82 Å². The molecule has 0 aliphatic rings. The number of carbonyl (C=O) groups is 1. The normalized spacial score (nSPS) is 12.1. The van der Waals surface area contributed by atoms with Crippen molar-refractivity contribution in [2.45, 2.75) is 25.8 Å². The molecule has 0 amide bonds. The highest BCUT2D eigenvalue weighted by molar-refractivity contribution is 6.31. The van der Waals surface area contributed by atoms with Gasteiger partial charge in [-0.2, -0.15) is 0 Å². The maximum Gasteiger partial charge on any atom is 0.179 e. The number of nitrogens with zero attached hydrogens (tertiary/aromatic N) is 1. The molecule has 2 aromatic carbocycles. The fraction of sp³-hybridized carbons (Fsp3) is 0.190. The molecule has 25 heavy (non-hydrogen) atoms. The van der Waals surface area contributed by atoms with E-state index in [1.165, 1.54) is 6.07 Å². The van der Waals surface area contributed by atoms with Gasteiger partial charge in [-0.25, -0.2) is 4.39 Å². The van der Waals surface area contributed by atoms with E-state index in [1.54, 1.807) is 12.1 Å². The molecule has 0 saturated carbocycles. The third-order valence-electron chi connectivity index (χ3n) is 4.43. The molecule has 0 bridgehead atoms. The summed E-state index contributed by atoms with van der Waals surface area (Å²) in [7, 11) is 0. The summed E-state index contributed by atoms with van der Waals surface area (Å²) in [5, 5.41) is 0.362. The van der Waals surface area contributed by atoms with Crippen LogP contribution in [0, 0.1) is 5.82 Å². The van der Waals surface area contributed by atoms with Crippen molar-refractivity contribution in [3.05, 3.63) is 94.5 Å². The van der Waals surface area contributed by atoms with Crippen LogP contribution < -0.4 is 0 Å². The first-order chi connectivity index (χ1) is 12.1. The highest BCUT2D eigenvalue weighted by atomic mass is 35.5. The molecule has 2 nitrogen and oxygen atoms in total. The molecule has 3 rings (SSSR count). The highest BCUT2D eigenvalue weighted by Crippen LogP contribution is 2.24. The number of hydrogen-bond donors (Lipinski definition) is 0. The molecule has 0 spiro atoms. The summed E-state index contributed by atoms with van der Waals surface area (Å²) in [6, 6.07) is 18.3. The van der Waals surface area contributed by atoms with Crippen LogP contribution in [0.15, 0.2) is 66.9 Å². The molecule has 1 unspecified atom stereocenters. The first-order valence-corrected chi connectivity index (χ1v) is 8.63. The lowest BCUT2D eigenvalue weighted by Crippen LogP contribution is -2.14. The molecule has 3 aromatic rings. The molecule has 1 aromatic heterocycles. The second-order valence-corrected chi connectivity index (χ2v) is 6.42. The lowest BCUT2D eigenvalue weighted by molar-refractivity contribution is 0.0973. The minimum atomic E-state index is -0.367. The van der Waals surface area contributed by atoms with E-state index < -0.39 is 0 Å². The Kier molecular flexibility index (Phi) is 5.34. The molecule has 128 valence electrons. The van der Waals surface area contributed by atoms with Gasteiger partial charge in [0.2, 0.25) is 0 Å². The molecule has 1 heterocycles. The monoisotopic (exact) mass is 355 g/mol. The first-order valence-electron chi connectivity index (χ1n) is 8.26. The van der Waals surface area contributed by atoms with Crippen molar-refractivity contribution in [1.82, 2.24) is 4.57 Å². The smallest absolute Gasteiger partial charge is 0.179 e. The van der Waals surface area contributed by atoms with Gasteiger partial charge in [-0.3, -0.25) is 4.79 Å². The summed E-state index contributed by atoms with van der Waals surface area (Å²) in [4.78, 5) is 12.7. The second-order valence-electron chi connectivity index (χ2n) is 6.01. The van der Waals surface area contributed by atoms with Crippen molar-refractivity contribution >= 4 is 17.4 Å². The van der Waals surface area contributed by atoms with Crippen molar-refractivity contribution in [2.75, 3.05) is 0 Å². The van der Waals surface area contributed by atoms with E-state index in [4.69, 9.17) is 11.6 Å². The minimum absolute atomic E-state index is 0.0212. The molecule has 1 atom stereocenters. The lowest BCUT2D eigenvalue weighted by Gasteiger charge is -2.17. The second kappa shape index (κ2) is 7.66. The zero-order chi connectivity index (χ0) is 17.8. The Morgan fingerprint density at radius 2 is 1.84 bits per heavy atom. The summed E-state index contributed by atoms with van der Waals surface area (Å²) in [6.45, 7) is 2.06. The van der Waals surface area contributed by atoms with Crippen LogP contribution in [0.25, 0.3) is 0 Å². The van der Waals surface area contributed by atoms with E-state index in [1.807, 2.05) is 53.2 Å². The van der Waals surface area contributed by atoms with Crippen LogP contribution in [0.3, 0.4) is 0 Å². The quantitative estimate of drug-likeness (QED) is 0.519. The summed E-state index contributed by atoms with van der Waals surface area (Å²) >= 11 is 6.04. The maximum absolute atomic E-state index is 13.9. The minimum Gasteiger partial charge on any atom is -0.338 e. The number of benzene rings is 2. The van der Waals surface area contributed by atoms with E-state index in [0.29, 0.717) is 16.3 Å². The third kappa shape index (κ3) is 3.83. The Bertz CT molecular complexity index is 852. The van der Waals surface area contributed by atoms with E-state index in [2.05, 4.69) is 6.92 Å². The van der Waals surface area contributed by atoms with Crippen molar-refractivity contribution in [3.63, 3.8) is 0 Å². The summed E-state index contributed by atoms with van der Waals surface area (Å²) < 4.78 is 15.8. The summed E-state index contributed by atoms with van der Waals surface area (Å²) in [5.74, 6) is -0.388. The molecule has 0 N–H and O–H groups in total. The largest absolute Gasteiger partial charge is 0.338 e. The van der Waals surface area contributed by atoms with Gasteiger partial charge in [-0.1, -0.05) is 48.0 Å². The first kappa shape index (κ1) is 17.4. The predicted molar refractivity (Wildman–Crippen MR) is 98.7 cm³/mol. The van der Waals surface area contributed by atoms with Gasteiger partial charge in [-0.05, 0) is 43.2 Å². The summed E-state index contributed by atoms with van der Waals surface area (Å²) in [5.41, 5.74) is 2.15. The van der Waals surface area contributed by atoms with Crippen LogP contribution in [-0.2, 0) is 6.42 Å². The topological polar surface area (TPSA) is 22.0 Å². The number of ketones is 1. The van der Waals surface area contributed by atoms with E-state index in [-0.39, 0.29) is 30.5 Å². The van der Waals surface area contributed by atoms with Crippen molar-refractivity contribution in [1.29, 1.82) is 0 Å². The zero-order valence-corrected chi connectivity index (χ0v) is 14.7. The van der Waals surface area contributed by atoms with Gasteiger partial charge >= 0.3 is 0 Å². The Balaban J connectivity index is 1.77. The number of Topliss-reactive ketones (excluding diaryl/α,β-unsaturated/α-hetero) is 1. The SMILES string of the molecule is CC(c1ccccc1)n1cccc1C(=O)CCc1c(F)cccc1Cl. The average Bonchev–Trinajstić information content (AvgIpc) is 3.11. The number of rotatable bonds is 6. The van der Waals surface area contributed by atoms with Crippen LogP contribution in [0.1, 0.15) is 41.0 Å². The Morgan fingerprint density at radius 3 is 2.56 bits per heavy atom. The van der Waals surface area contributed by atoms with Gasteiger partial charge in [0, 0.05) is 23.2 Å². The number of aromatic nitrogens is 1. The van der Waals surface area contributed by atoms with Crippen molar-refractivity contribution in [2.24, 2.45) is 0 Å². The van der Waals surface area contributed by atoms with Crippen LogP contribution in [0.2, 0.25) is 5.02 Å². The molecule has 0 aliphatic carbocycles. The molecule has 0 radical (unpaired) electrons. The lowest BCUT2D eigenvalue weighted by atomic mass is 10.0. The van der Waals surface area contributed by atoms with E-state index >= 15 is 0 Å². The van der Waals surface area contributed by atoms with Crippen LogP contribution >= 0.6 is 11.6 Å². The van der Waals surface area contributed by atoms with Gasteiger partial charge in [0.25, 0.3) is 0 Å². The Labute approximate surface area is 151 Å². The van der Waals surface area contributed by atoms with Crippen LogP contribution in [-0.4, -0.2) is 10.4 Å². The number of hydrogen-bond acceptors (Lipinski definition) is 1. The van der Waals surface area contributed by atoms with Crippen LogP contribution in [0.4, 0.5) is 4.39 Å². The van der Waals surface area contributed by atoms with E-state index in [0.717, 1.165) is 5.56 Å². The fourth-order valence-electron chi connectivity index (χ4n) is 3.00. The maximum atomic E-state index is 13.9. The van der Waals surface area contributed by atoms with Gasteiger partial charge < -0.3 is 4.57 Å². The third-order valence-corrected chi connectivity index (χ3v) is 4.78. The number of halogens is 2. The molecule has 0 aliphatic heterocycles. The molecule has 0 fully saturated rings. The Morgan fingerprint density at radius 1 is 1.08 bits per heavy atom. The summed E-state index contributed by atoms with van der Waals surface area (Å²) in [6.07, 6.45) is 2.41. The fourth-order valence-corrected chi connectivity index (χ4v) is 3.26. The number of carbonyl (C=O) groups excluding carboxylic acids is 1. The zero-order valence-electron chi connectivity index (χ0n) is 14.0. The standard InChI is InChI=1S/C21H19ClFNO/c1-15(16-7-3-2-4-8-16)24-14-6-11-20(24)21(25)13-12-17-18(22)9-5-10-19(17)23/h2-11,14-15H,12-13H2,1H3. The van der Waals surface area contributed by atoms with Gasteiger partial charge in [0.05, 0.1) is 11.7 Å². The predicted octanol–water partition coefficient (Wildman–Crippen LogP) is 5.71. The van der Waals surface area contributed by atoms with Crippen molar-refractivity contribution in [3.8, 4) is 0 Å². The molecule has 4 heteroatoms. The Hall–Kier alpha value is -2.39.